The predicted molar refractivity (Wildman–Crippen MR) is 89.1 cm³/mol. The predicted octanol–water partition coefficient (Wildman–Crippen LogP) is 3.36. The minimum atomic E-state index is -0.714. The van der Waals surface area contributed by atoms with E-state index in [0.717, 1.165) is 0 Å². The van der Waals surface area contributed by atoms with Gasteiger partial charge < -0.3 is 10.1 Å². The normalized spacial score (nSPS) is 9.92. The summed E-state index contributed by atoms with van der Waals surface area (Å²) in [7, 11) is 0. The fraction of sp³-hybridized carbons (Fsp3) is 0.125. The number of halogens is 2. The number of amides is 1. The molecule has 8 heteroatoms. The molecule has 0 saturated carbocycles. The van der Waals surface area contributed by atoms with Gasteiger partial charge in [-0.05, 0) is 30.7 Å². The van der Waals surface area contributed by atoms with E-state index in [2.05, 4.69) is 10.3 Å². The van der Waals surface area contributed by atoms with Crippen LogP contribution in [0.4, 0.5) is 5.82 Å². The summed E-state index contributed by atoms with van der Waals surface area (Å²) in [6.07, 6.45) is 1.36. The Morgan fingerprint density at radius 2 is 2.12 bits per heavy atom. The standard InChI is InChI=1S/C16H11Cl2N3O3/c1-9-12(17)7-20-15(14(9)18)21-13(22)8-24-16(23)11-4-2-3-10(5-11)6-19/h2-5,7H,8H2,1H3,(H,20,21,22). The summed E-state index contributed by atoms with van der Waals surface area (Å²) in [5.41, 5.74) is 1.08. The second-order valence-electron chi connectivity index (χ2n) is 4.71. The second-order valence-corrected chi connectivity index (χ2v) is 5.50. The molecule has 0 aliphatic heterocycles. The molecule has 24 heavy (non-hydrogen) atoms. The lowest BCUT2D eigenvalue weighted by Crippen LogP contribution is -2.21. The van der Waals surface area contributed by atoms with Crippen LogP contribution in [0.1, 0.15) is 21.5 Å². The average molecular weight is 364 g/mol. The number of hydrogen-bond donors (Lipinski definition) is 1. The van der Waals surface area contributed by atoms with E-state index in [-0.39, 0.29) is 16.4 Å². The zero-order chi connectivity index (χ0) is 17.7. The third kappa shape index (κ3) is 4.22. The molecule has 122 valence electrons. The molecule has 2 aromatic rings. The first-order chi connectivity index (χ1) is 11.4. The Morgan fingerprint density at radius 1 is 1.38 bits per heavy atom. The molecule has 0 saturated heterocycles. The lowest BCUT2D eigenvalue weighted by molar-refractivity contribution is -0.119. The number of pyridine rings is 1. The van der Waals surface area contributed by atoms with Crippen LogP contribution in [0.3, 0.4) is 0 Å². The van der Waals surface area contributed by atoms with Crippen molar-refractivity contribution in [2.24, 2.45) is 0 Å². The fourth-order valence-electron chi connectivity index (χ4n) is 1.74. The first-order valence-corrected chi connectivity index (χ1v) is 7.45. The number of nitrogens with one attached hydrogen (secondary N) is 1. The van der Waals surface area contributed by atoms with Gasteiger partial charge in [0.25, 0.3) is 5.91 Å². The minimum Gasteiger partial charge on any atom is -0.452 e. The third-order valence-electron chi connectivity index (χ3n) is 3.02. The summed E-state index contributed by atoms with van der Waals surface area (Å²) in [5, 5.41) is 11.8. The zero-order valence-corrected chi connectivity index (χ0v) is 14.0. The number of nitriles is 1. The highest BCUT2D eigenvalue weighted by molar-refractivity contribution is 6.37. The molecule has 0 aliphatic rings. The van der Waals surface area contributed by atoms with E-state index in [1.165, 1.54) is 18.3 Å². The Hall–Kier alpha value is -2.62. The van der Waals surface area contributed by atoms with Crippen molar-refractivity contribution in [1.82, 2.24) is 4.98 Å². The average Bonchev–Trinajstić information content (AvgIpc) is 2.60. The molecule has 2 rings (SSSR count). The maximum Gasteiger partial charge on any atom is 0.338 e. The molecule has 0 fully saturated rings. The van der Waals surface area contributed by atoms with Crippen LogP contribution < -0.4 is 5.32 Å². The van der Waals surface area contributed by atoms with Gasteiger partial charge in [-0.15, -0.1) is 0 Å². The summed E-state index contributed by atoms with van der Waals surface area (Å²) >= 11 is 11.9. The number of esters is 1. The second kappa shape index (κ2) is 7.77. The Labute approximate surface area is 148 Å². The molecule has 6 nitrogen and oxygen atoms in total. The smallest absolute Gasteiger partial charge is 0.338 e. The zero-order valence-electron chi connectivity index (χ0n) is 12.5. The molecule has 0 spiro atoms. The monoisotopic (exact) mass is 363 g/mol. The molecular formula is C16H11Cl2N3O3. The van der Waals surface area contributed by atoms with Crippen molar-refractivity contribution >= 4 is 40.9 Å². The van der Waals surface area contributed by atoms with E-state index in [1.54, 1.807) is 19.1 Å². The highest BCUT2D eigenvalue weighted by Crippen LogP contribution is 2.28. The maximum absolute atomic E-state index is 11.9. The summed E-state index contributed by atoms with van der Waals surface area (Å²) in [4.78, 5) is 27.6. The molecule has 0 bridgehead atoms. The van der Waals surface area contributed by atoms with Crippen LogP contribution >= 0.6 is 23.2 Å². The van der Waals surface area contributed by atoms with Crippen molar-refractivity contribution in [2.45, 2.75) is 6.92 Å². The highest BCUT2D eigenvalue weighted by Gasteiger charge is 2.14. The van der Waals surface area contributed by atoms with Gasteiger partial charge in [0.15, 0.2) is 12.4 Å². The van der Waals surface area contributed by atoms with Gasteiger partial charge in [0.05, 0.1) is 27.2 Å². The summed E-state index contributed by atoms with van der Waals surface area (Å²) in [5.74, 6) is -1.18. The molecule has 1 N–H and O–H groups in total. The molecule has 0 radical (unpaired) electrons. The summed E-state index contributed by atoms with van der Waals surface area (Å²) < 4.78 is 4.90. The van der Waals surface area contributed by atoms with Crippen molar-refractivity contribution in [1.29, 1.82) is 5.26 Å². The largest absolute Gasteiger partial charge is 0.452 e. The topological polar surface area (TPSA) is 92.1 Å². The van der Waals surface area contributed by atoms with Gasteiger partial charge in [0.2, 0.25) is 0 Å². The molecule has 1 aromatic carbocycles. The maximum atomic E-state index is 11.9. The van der Waals surface area contributed by atoms with Crippen molar-refractivity contribution in [3.8, 4) is 6.07 Å². The van der Waals surface area contributed by atoms with Crippen LogP contribution in [0, 0.1) is 18.3 Å². The number of hydrogen-bond acceptors (Lipinski definition) is 5. The fourth-order valence-corrected chi connectivity index (χ4v) is 2.13. The lowest BCUT2D eigenvalue weighted by Gasteiger charge is -2.09. The van der Waals surface area contributed by atoms with Crippen LogP contribution in [0.15, 0.2) is 30.5 Å². The van der Waals surface area contributed by atoms with Crippen molar-refractivity contribution in [3.63, 3.8) is 0 Å². The van der Waals surface area contributed by atoms with Gasteiger partial charge in [-0.2, -0.15) is 5.26 Å². The number of anilines is 1. The van der Waals surface area contributed by atoms with Crippen LogP contribution in [-0.2, 0) is 9.53 Å². The molecule has 1 amide bonds. The van der Waals surface area contributed by atoms with Crippen LogP contribution in [-0.4, -0.2) is 23.5 Å². The van der Waals surface area contributed by atoms with Crippen LogP contribution in [0.2, 0.25) is 10.0 Å². The number of carbonyl (C=O) groups excluding carboxylic acids is 2. The van der Waals surface area contributed by atoms with E-state index in [0.29, 0.717) is 16.1 Å². The minimum absolute atomic E-state index is 0.131. The number of carbonyl (C=O) groups is 2. The van der Waals surface area contributed by atoms with Gasteiger partial charge in [-0.25, -0.2) is 9.78 Å². The number of rotatable bonds is 4. The first kappa shape index (κ1) is 17.7. The van der Waals surface area contributed by atoms with E-state index in [9.17, 15) is 9.59 Å². The Bertz CT molecular complexity index is 847. The lowest BCUT2D eigenvalue weighted by atomic mass is 10.1. The highest BCUT2D eigenvalue weighted by atomic mass is 35.5. The summed E-state index contributed by atoms with van der Waals surface area (Å²) in [6, 6.07) is 7.89. The third-order valence-corrected chi connectivity index (χ3v) is 3.87. The molecule has 1 aromatic heterocycles. The van der Waals surface area contributed by atoms with Crippen molar-refractivity contribution in [3.05, 3.63) is 57.2 Å². The molecular weight excluding hydrogens is 353 g/mol. The van der Waals surface area contributed by atoms with Crippen molar-refractivity contribution < 1.29 is 14.3 Å². The summed E-state index contributed by atoms with van der Waals surface area (Å²) in [6.45, 7) is 1.17. The molecule has 0 unspecified atom stereocenters. The quantitative estimate of drug-likeness (QED) is 0.840. The molecule has 0 atom stereocenters. The number of benzene rings is 1. The van der Waals surface area contributed by atoms with Crippen LogP contribution in [0.25, 0.3) is 0 Å². The van der Waals surface area contributed by atoms with Gasteiger partial charge in [0.1, 0.15) is 0 Å². The molecule has 0 aliphatic carbocycles. The van der Waals surface area contributed by atoms with Gasteiger partial charge in [0, 0.05) is 6.20 Å². The van der Waals surface area contributed by atoms with Gasteiger partial charge in [-0.3, -0.25) is 4.79 Å². The van der Waals surface area contributed by atoms with E-state index < -0.39 is 18.5 Å². The van der Waals surface area contributed by atoms with E-state index >= 15 is 0 Å². The van der Waals surface area contributed by atoms with Gasteiger partial charge in [-0.1, -0.05) is 29.3 Å². The number of nitrogens with zero attached hydrogens (tertiary/aromatic N) is 2. The molecule has 1 heterocycles. The number of ether oxygens (including phenoxy) is 1. The Morgan fingerprint density at radius 3 is 2.83 bits per heavy atom. The Balaban J connectivity index is 1.97. The first-order valence-electron chi connectivity index (χ1n) is 6.70. The van der Waals surface area contributed by atoms with E-state index in [4.69, 9.17) is 33.2 Å². The number of aromatic nitrogens is 1. The Kier molecular flexibility index (Phi) is 5.74. The SMILES string of the molecule is Cc1c(Cl)cnc(NC(=O)COC(=O)c2cccc(C#N)c2)c1Cl. The van der Waals surface area contributed by atoms with Crippen LogP contribution in [0.5, 0.6) is 0 Å². The van der Waals surface area contributed by atoms with Crippen molar-refractivity contribution in [2.75, 3.05) is 11.9 Å². The van der Waals surface area contributed by atoms with E-state index in [1.807, 2.05) is 6.07 Å². The van der Waals surface area contributed by atoms with Gasteiger partial charge >= 0.3 is 5.97 Å².